The van der Waals surface area contributed by atoms with Crippen LogP contribution in [0.2, 0.25) is 0 Å². The number of nitrogens with one attached hydrogen (secondary N) is 1. The van der Waals surface area contributed by atoms with Gasteiger partial charge in [-0.2, -0.15) is 0 Å². The molecule has 0 radical (unpaired) electrons. The summed E-state index contributed by atoms with van der Waals surface area (Å²) in [6.45, 7) is 0. The van der Waals surface area contributed by atoms with Crippen LogP contribution in [0.3, 0.4) is 0 Å². The van der Waals surface area contributed by atoms with Gasteiger partial charge in [0.15, 0.2) is 0 Å². The molecule has 0 aliphatic rings. The molecule has 0 aliphatic carbocycles. The van der Waals surface area contributed by atoms with Crippen LogP contribution < -0.4 is 0 Å². The van der Waals surface area contributed by atoms with Crippen LogP contribution >= 0.6 is 0 Å². The highest BCUT2D eigenvalue weighted by molar-refractivity contribution is 6.16. The third-order valence-electron chi connectivity index (χ3n) is 4.45. The van der Waals surface area contributed by atoms with E-state index >= 15 is 0 Å². The van der Waals surface area contributed by atoms with Gasteiger partial charge in [-0.1, -0.05) is 48.5 Å². The average Bonchev–Trinajstić information content (AvgIpc) is 2.98. The number of pyridine rings is 1. The second-order valence-electron chi connectivity index (χ2n) is 5.91. The number of halogens is 1. The Morgan fingerprint density at radius 2 is 1.58 bits per heavy atom. The highest BCUT2D eigenvalue weighted by atomic mass is 19.1. The van der Waals surface area contributed by atoms with Crippen LogP contribution in [0.1, 0.15) is 0 Å². The Labute approximate surface area is 137 Å². The third kappa shape index (κ3) is 1.85. The second-order valence-corrected chi connectivity index (χ2v) is 5.91. The molecule has 5 aromatic rings. The Morgan fingerprint density at radius 3 is 2.46 bits per heavy atom. The van der Waals surface area contributed by atoms with Crippen LogP contribution in [0, 0.1) is 5.82 Å². The monoisotopic (exact) mass is 312 g/mol. The lowest BCUT2D eigenvalue weighted by Gasteiger charge is -2.08. The van der Waals surface area contributed by atoms with Gasteiger partial charge in [0.1, 0.15) is 5.82 Å². The standard InChI is InChI=1S/C21H13FN2/c22-14-10-11-18-16(12-14)20-21(24-18)19(13-6-2-1-3-7-13)15-8-4-5-9-17(15)23-20/h1-12,24H. The van der Waals surface area contributed by atoms with E-state index < -0.39 is 0 Å². The highest BCUT2D eigenvalue weighted by Crippen LogP contribution is 2.37. The van der Waals surface area contributed by atoms with Gasteiger partial charge in [0.05, 0.1) is 16.6 Å². The highest BCUT2D eigenvalue weighted by Gasteiger charge is 2.15. The van der Waals surface area contributed by atoms with E-state index in [2.05, 4.69) is 23.2 Å². The van der Waals surface area contributed by atoms with Gasteiger partial charge in [-0.05, 0) is 29.8 Å². The quantitative estimate of drug-likeness (QED) is 0.424. The molecule has 0 amide bonds. The number of benzene rings is 3. The minimum atomic E-state index is -0.250. The van der Waals surface area contributed by atoms with Gasteiger partial charge in [-0.25, -0.2) is 9.37 Å². The molecule has 114 valence electrons. The summed E-state index contributed by atoms with van der Waals surface area (Å²) in [5.74, 6) is -0.250. The Kier molecular flexibility index (Phi) is 2.71. The smallest absolute Gasteiger partial charge is 0.124 e. The molecule has 24 heavy (non-hydrogen) atoms. The summed E-state index contributed by atoms with van der Waals surface area (Å²) in [7, 11) is 0. The molecular weight excluding hydrogens is 299 g/mol. The maximum Gasteiger partial charge on any atom is 0.124 e. The van der Waals surface area contributed by atoms with Crippen LogP contribution in [-0.4, -0.2) is 9.97 Å². The molecule has 5 rings (SSSR count). The summed E-state index contributed by atoms with van der Waals surface area (Å²) in [6.07, 6.45) is 0. The van der Waals surface area contributed by atoms with Crippen molar-refractivity contribution in [3.8, 4) is 11.1 Å². The van der Waals surface area contributed by atoms with E-state index in [9.17, 15) is 4.39 Å². The van der Waals surface area contributed by atoms with Crippen molar-refractivity contribution in [1.29, 1.82) is 0 Å². The summed E-state index contributed by atoms with van der Waals surface area (Å²) in [5.41, 5.74) is 5.78. The van der Waals surface area contributed by atoms with Crippen LogP contribution in [0.15, 0.2) is 72.8 Å². The molecule has 0 aliphatic heterocycles. The fraction of sp³-hybridized carbons (Fsp3) is 0. The Morgan fingerprint density at radius 1 is 0.792 bits per heavy atom. The van der Waals surface area contributed by atoms with E-state index in [4.69, 9.17) is 4.98 Å². The molecule has 0 atom stereocenters. The molecule has 2 heterocycles. The zero-order valence-electron chi connectivity index (χ0n) is 12.8. The van der Waals surface area contributed by atoms with Gasteiger partial charge in [0.25, 0.3) is 0 Å². The number of aromatic nitrogens is 2. The minimum absolute atomic E-state index is 0.250. The van der Waals surface area contributed by atoms with Crippen LogP contribution in [0.5, 0.6) is 0 Å². The summed E-state index contributed by atoms with van der Waals surface area (Å²) in [5, 5.41) is 1.90. The summed E-state index contributed by atoms with van der Waals surface area (Å²) < 4.78 is 13.7. The Bertz CT molecular complexity index is 1210. The van der Waals surface area contributed by atoms with Gasteiger partial charge < -0.3 is 4.98 Å². The lowest BCUT2D eigenvalue weighted by molar-refractivity contribution is 0.630. The number of nitrogens with zero attached hydrogens (tertiary/aromatic N) is 1. The molecule has 0 saturated carbocycles. The molecule has 0 fully saturated rings. The normalized spacial score (nSPS) is 11.5. The number of hydrogen-bond acceptors (Lipinski definition) is 1. The first-order valence-electron chi connectivity index (χ1n) is 7.86. The third-order valence-corrected chi connectivity index (χ3v) is 4.45. The van der Waals surface area contributed by atoms with E-state index in [1.54, 1.807) is 12.1 Å². The predicted octanol–water partition coefficient (Wildman–Crippen LogP) is 5.68. The van der Waals surface area contributed by atoms with E-state index in [0.717, 1.165) is 44.0 Å². The van der Waals surface area contributed by atoms with E-state index in [1.165, 1.54) is 6.07 Å². The molecule has 3 heteroatoms. The molecular formula is C21H13FN2. The number of fused-ring (bicyclic) bond motifs is 4. The molecule has 0 spiro atoms. The number of para-hydroxylation sites is 1. The van der Waals surface area contributed by atoms with Gasteiger partial charge in [-0.15, -0.1) is 0 Å². The minimum Gasteiger partial charge on any atom is -0.353 e. The summed E-state index contributed by atoms with van der Waals surface area (Å²) in [6, 6.07) is 23.1. The fourth-order valence-electron chi connectivity index (χ4n) is 3.39. The van der Waals surface area contributed by atoms with Crippen molar-refractivity contribution >= 4 is 32.8 Å². The zero-order valence-corrected chi connectivity index (χ0v) is 12.8. The fourth-order valence-corrected chi connectivity index (χ4v) is 3.39. The molecule has 2 aromatic heterocycles. The van der Waals surface area contributed by atoms with Crippen molar-refractivity contribution in [2.75, 3.05) is 0 Å². The molecule has 2 nitrogen and oxygen atoms in total. The first kappa shape index (κ1) is 13.3. The van der Waals surface area contributed by atoms with E-state index in [0.29, 0.717) is 0 Å². The van der Waals surface area contributed by atoms with Crippen molar-refractivity contribution in [1.82, 2.24) is 9.97 Å². The van der Waals surface area contributed by atoms with Crippen molar-refractivity contribution in [3.05, 3.63) is 78.6 Å². The SMILES string of the molecule is Fc1ccc2[nH]c3c(-c4ccccc4)c4ccccc4nc3c2c1. The first-order valence-corrected chi connectivity index (χ1v) is 7.86. The van der Waals surface area contributed by atoms with E-state index in [1.807, 2.05) is 36.4 Å². The van der Waals surface area contributed by atoms with Crippen molar-refractivity contribution in [2.24, 2.45) is 0 Å². The van der Waals surface area contributed by atoms with Gasteiger partial charge in [0.2, 0.25) is 0 Å². The maximum absolute atomic E-state index is 13.7. The Hall–Kier alpha value is -3.20. The molecule has 1 N–H and O–H groups in total. The van der Waals surface area contributed by atoms with Crippen molar-refractivity contribution in [3.63, 3.8) is 0 Å². The van der Waals surface area contributed by atoms with Crippen LogP contribution in [-0.2, 0) is 0 Å². The zero-order chi connectivity index (χ0) is 16.1. The van der Waals surface area contributed by atoms with Crippen LogP contribution in [0.25, 0.3) is 44.0 Å². The van der Waals surface area contributed by atoms with E-state index in [-0.39, 0.29) is 5.82 Å². The number of rotatable bonds is 1. The van der Waals surface area contributed by atoms with Gasteiger partial charge in [0, 0.05) is 21.9 Å². The second kappa shape index (κ2) is 4.90. The molecule has 3 aromatic carbocycles. The molecule has 0 unspecified atom stereocenters. The lowest BCUT2D eigenvalue weighted by Crippen LogP contribution is -1.87. The van der Waals surface area contributed by atoms with Crippen molar-refractivity contribution < 1.29 is 4.39 Å². The predicted molar refractivity (Wildman–Crippen MR) is 96.5 cm³/mol. The molecule has 0 bridgehead atoms. The largest absolute Gasteiger partial charge is 0.353 e. The number of hydrogen-bond donors (Lipinski definition) is 1. The lowest BCUT2D eigenvalue weighted by atomic mass is 9.99. The average molecular weight is 312 g/mol. The molecule has 0 saturated heterocycles. The topological polar surface area (TPSA) is 28.7 Å². The van der Waals surface area contributed by atoms with Crippen molar-refractivity contribution in [2.45, 2.75) is 0 Å². The van der Waals surface area contributed by atoms with Gasteiger partial charge >= 0.3 is 0 Å². The maximum atomic E-state index is 13.7. The van der Waals surface area contributed by atoms with Gasteiger partial charge in [-0.3, -0.25) is 0 Å². The summed E-state index contributed by atoms with van der Waals surface area (Å²) >= 11 is 0. The number of aromatic amines is 1. The van der Waals surface area contributed by atoms with Crippen LogP contribution in [0.4, 0.5) is 4.39 Å². The Balaban J connectivity index is 2.05. The first-order chi connectivity index (χ1) is 11.8. The number of H-pyrrole nitrogens is 1. The summed E-state index contributed by atoms with van der Waals surface area (Å²) in [4.78, 5) is 8.23.